The predicted octanol–water partition coefficient (Wildman–Crippen LogP) is 1.91. The Morgan fingerprint density at radius 1 is 1.27 bits per heavy atom. The van der Waals surface area contributed by atoms with Gasteiger partial charge < -0.3 is 5.32 Å². The molecule has 0 spiro atoms. The molecule has 3 rings (SSSR count). The summed E-state index contributed by atoms with van der Waals surface area (Å²) in [6, 6.07) is 10.0. The zero-order valence-corrected chi connectivity index (χ0v) is 12.7. The molecule has 1 fully saturated rings. The van der Waals surface area contributed by atoms with Crippen molar-refractivity contribution in [2.24, 2.45) is 0 Å². The highest BCUT2D eigenvalue weighted by Gasteiger charge is 2.22. The summed E-state index contributed by atoms with van der Waals surface area (Å²) in [7, 11) is 0. The van der Waals surface area contributed by atoms with E-state index < -0.39 is 0 Å². The molecule has 5 nitrogen and oxygen atoms in total. The van der Waals surface area contributed by atoms with Gasteiger partial charge in [0.2, 0.25) is 5.91 Å². The van der Waals surface area contributed by atoms with Gasteiger partial charge in [-0.15, -0.1) is 0 Å². The van der Waals surface area contributed by atoms with Crippen LogP contribution in [-0.4, -0.2) is 40.6 Å². The van der Waals surface area contributed by atoms with E-state index in [-0.39, 0.29) is 5.91 Å². The number of benzene rings is 1. The van der Waals surface area contributed by atoms with E-state index in [0.29, 0.717) is 19.0 Å². The lowest BCUT2D eigenvalue weighted by atomic mass is 9.91. The molecular formula is C17H22N4O. The van der Waals surface area contributed by atoms with Crippen LogP contribution in [0.2, 0.25) is 0 Å². The van der Waals surface area contributed by atoms with Crippen molar-refractivity contribution >= 4 is 5.91 Å². The number of amides is 1. The fourth-order valence-electron chi connectivity index (χ4n) is 2.96. The summed E-state index contributed by atoms with van der Waals surface area (Å²) in [4.78, 5) is 14.3. The van der Waals surface area contributed by atoms with Crippen molar-refractivity contribution in [1.29, 1.82) is 0 Å². The molecular weight excluding hydrogens is 276 g/mol. The third-order valence-electron chi connectivity index (χ3n) is 4.28. The zero-order valence-electron chi connectivity index (χ0n) is 12.7. The molecule has 22 heavy (non-hydrogen) atoms. The third kappa shape index (κ3) is 3.95. The summed E-state index contributed by atoms with van der Waals surface area (Å²) >= 11 is 0. The lowest BCUT2D eigenvalue weighted by molar-refractivity contribution is -0.122. The molecule has 1 amide bonds. The van der Waals surface area contributed by atoms with Crippen LogP contribution in [0.25, 0.3) is 0 Å². The van der Waals surface area contributed by atoms with Crippen molar-refractivity contribution in [3.8, 4) is 0 Å². The summed E-state index contributed by atoms with van der Waals surface area (Å²) in [5.41, 5.74) is 2.42. The second-order valence-electron chi connectivity index (χ2n) is 5.84. The molecule has 2 N–H and O–H groups in total. The van der Waals surface area contributed by atoms with Crippen LogP contribution in [0.15, 0.2) is 42.7 Å². The Morgan fingerprint density at radius 2 is 2.05 bits per heavy atom. The Labute approximate surface area is 130 Å². The van der Waals surface area contributed by atoms with E-state index in [1.807, 2.05) is 42.7 Å². The number of likely N-dealkylation sites (tertiary alicyclic amines) is 1. The molecule has 0 radical (unpaired) electrons. The normalized spacial score (nSPS) is 16.5. The average molecular weight is 298 g/mol. The van der Waals surface area contributed by atoms with Crippen molar-refractivity contribution in [3.05, 3.63) is 53.9 Å². The number of hydrogen-bond donors (Lipinski definition) is 2. The highest BCUT2D eigenvalue weighted by atomic mass is 16.2. The minimum absolute atomic E-state index is 0.102. The monoisotopic (exact) mass is 298 g/mol. The number of nitrogens with one attached hydrogen (secondary N) is 2. The number of carbonyl (C=O) groups is 1. The van der Waals surface area contributed by atoms with Crippen LogP contribution in [0.1, 0.15) is 29.9 Å². The minimum Gasteiger partial charge on any atom is -0.351 e. The van der Waals surface area contributed by atoms with Crippen LogP contribution in [0, 0.1) is 0 Å². The predicted molar refractivity (Wildman–Crippen MR) is 85.3 cm³/mol. The fraction of sp³-hybridized carbons (Fsp3) is 0.412. The molecule has 0 bridgehead atoms. The number of aromatic amines is 1. The van der Waals surface area contributed by atoms with Gasteiger partial charge in [0.15, 0.2) is 0 Å². The van der Waals surface area contributed by atoms with Crippen molar-refractivity contribution in [2.45, 2.75) is 25.3 Å². The Balaban J connectivity index is 1.40. The van der Waals surface area contributed by atoms with E-state index >= 15 is 0 Å². The molecule has 0 saturated carbocycles. The summed E-state index contributed by atoms with van der Waals surface area (Å²) in [6.07, 6.45) is 6.07. The van der Waals surface area contributed by atoms with Crippen LogP contribution in [0.5, 0.6) is 0 Å². The van der Waals surface area contributed by atoms with E-state index in [1.165, 1.54) is 5.56 Å². The van der Waals surface area contributed by atoms with Crippen molar-refractivity contribution in [2.75, 3.05) is 19.6 Å². The SMILES string of the molecule is O=C(CN1CCC(c2cn[nH]c2)CC1)NCc1ccccc1. The first-order chi connectivity index (χ1) is 10.8. The standard InChI is InChI=1S/C17H22N4O/c22-17(18-10-14-4-2-1-3-5-14)13-21-8-6-15(7-9-21)16-11-19-20-12-16/h1-5,11-12,15H,6-10,13H2,(H,18,22)(H,19,20). The van der Waals surface area contributed by atoms with Gasteiger partial charge in [0, 0.05) is 12.7 Å². The molecule has 0 unspecified atom stereocenters. The van der Waals surface area contributed by atoms with Crippen LogP contribution in [0.3, 0.4) is 0 Å². The topological polar surface area (TPSA) is 61.0 Å². The number of H-pyrrole nitrogens is 1. The van der Waals surface area contributed by atoms with Gasteiger partial charge in [0.25, 0.3) is 0 Å². The van der Waals surface area contributed by atoms with Crippen molar-refractivity contribution in [3.63, 3.8) is 0 Å². The summed E-state index contributed by atoms with van der Waals surface area (Å²) in [5.74, 6) is 0.674. The number of carbonyl (C=O) groups excluding carboxylic acids is 1. The van der Waals surface area contributed by atoms with Gasteiger partial charge in [-0.05, 0) is 43.0 Å². The molecule has 1 aromatic carbocycles. The smallest absolute Gasteiger partial charge is 0.234 e. The molecule has 116 valence electrons. The highest BCUT2D eigenvalue weighted by molar-refractivity contribution is 5.78. The number of nitrogens with zero attached hydrogens (tertiary/aromatic N) is 2. The fourth-order valence-corrected chi connectivity index (χ4v) is 2.96. The first kappa shape index (κ1) is 14.8. The first-order valence-corrected chi connectivity index (χ1v) is 7.83. The second kappa shape index (κ2) is 7.22. The molecule has 1 aromatic heterocycles. The van der Waals surface area contributed by atoms with Gasteiger partial charge in [-0.25, -0.2) is 0 Å². The summed E-state index contributed by atoms with van der Waals surface area (Å²) < 4.78 is 0. The maximum Gasteiger partial charge on any atom is 0.234 e. The van der Waals surface area contributed by atoms with Crippen LogP contribution in [-0.2, 0) is 11.3 Å². The second-order valence-corrected chi connectivity index (χ2v) is 5.84. The number of rotatable bonds is 5. The largest absolute Gasteiger partial charge is 0.351 e. The molecule has 0 aliphatic carbocycles. The molecule has 2 heterocycles. The van der Waals surface area contributed by atoms with Gasteiger partial charge in [-0.3, -0.25) is 14.8 Å². The van der Waals surface area contributed by atoms with Gasteiger partial charge >= 0.3 is 0 Å². The number of aromatic nitrogens is 2. The van der Waals surface area contributed by atoms with Gasteiger partial charge in [-0.1, -0.05) is 30.3 Å². The first-order valence-electron chi connectivity index (χ1n) is 7.83. The lowest BCUT2D eigenvalue weighted by Gasteiger charge is -2.30. The lowest BCUT2D eigenvalue weighted by Crippen LogP contribution is -2.40. The van der Waals surface area contributed by atoms with Gasteiger partial charge in [0.1, 0.15) is 0 Å². The molecule has 1 aliphatic heterocycles. The maximum absolute atomic E-state index is 12.0. The molecule has 1 saturated heterocycles. The summed E-state index contributed by atoms with van der Waals surface area (Å²) in [6.45, 7) is 3.03. The Kier molecular flexibility index (Phi) is 4.85. The Bertz CT molecular complexity index is 574. The van der Waals surface area contributed by atoms with Crippen LogP contribution in [0.4, 0.5) is 0 Å². The molecule has 5 heteroatoms. The molecule has 0 atom stereocenters. The maximum atomic E-state index is 12.0. The number of piperidine rings is 1. The zero-order chi connectivity index (χ0) is 15.2. The van der Waals surface area contributed by atoms with E-state index in [4.69, 9.17) is 0 Å². The van der Waals surface area contributed by atoms with Crippen LogP contribution >= 0.6 is 0 Å². The van der Waals surface area contributed by atoms with Crippen molar-refractivity contribution in [1.82, 2.24) is 20.4 Å². The average Bonchev–Trinajstić information content (AvgIpc) is 3.09. The van der Waals surface area contributed by atoms with E-state index in [1.54, 1.807) is 0 Å². The number of hydrogen-bond acceptors (Lipinski definition) is 3. The van der Waals surface area contributed by atoms with E-state index in [0.717, 1.165) is 31.5 Å². The third-order valence-corrected chi connectivity index (χ3v) is 4.28. The minimum atomic E-state index is 0.102. The highest BCUT2D eigenvalue weighted by Crippen LogP contribution is 2.26. The van der Waals surface area contributed by atoms with Gasteiger partial charge in [-0.2, -0.15) is 5.10 Å². The van der Waals surface area contributed by atoms with Crippen LogP contribution < -0.4 is 5.32 Å². The Morgan fingerprint density at radius 3 is 2.73 bits per heavy atom. The van der Waals surface area contributed by atoms with E-state index in [2.05, 4.69) is 20.4 Å². The Hall–Kier alpha value is -2.14. The molecule has 2 aromatic rings. The molecule has 1 aliphatic rings. The van der Waals surface area contributed by atoms with Gasteiger partial charge in [0.05, 0.1) is 12.7 Å². The quantitative estimate of drug-likeness (QED) is 0.886. The van der Waals surface area contributed by atoms with Crippen molar-refractivity contribution < 1.29 is 4.79 Å². The summed E-state index contributed by atoms with van der Waals surface area (Å²) in [5, 5.41) is 9.88. The van der Waals surface area contributed by atoms with E-state index in [9.17, 15) is 4.79 Å².